The lowest BCUT2D eigenvalue weighted by atomic mass is 9.92. The molecule has 2 aromatic heterocycles. The zero-order valence-corrected chi connectivity index (χ0v) is 17.1. The average Bonchev–Trinajstić information content (AvgIpc) is 2.68. The molecule has 0 saturated carbocycles. The summed E-state index contributed by atoms with van der Waals surface area (Å²) < 4.78 is 14.0. The third-order valence-electron chi connectivity index (χ3n) is 4.32. The topological polar surface area (TPSA) is 81.2 Å². The standard InChI is InChI=1S/C19H17Cl2FN4OS/c20-17(21)9-13-1-2-14(25-10-13)15(27)7-12-3-5-24-16(8-12)19(11-22)4-6-28-18(23)26-19/h1-3,5,8-10H,4,6-7,11H2,(H2,23,26)/t19-/m1/s1. The Morgan fingerprint density at radius 3 is 2.79 bits per heavy atom. The summed E-state index contributed by atoms with van der Waals surface area (Å²) in [6.07, 6.45) is 5.23. The highest BCUT2D eigenvalue weighted by Crippen LogP contribution is 2.35. The number of Topliss-reactive ketones (excluding diaryl/α,β-unsaturated/α-hetero) is 1. The Bertz CT molecular complexity index is 932. The van der Waals surface area contributed by atoms with Crippen LogP contribution in [-0.2, 0) is 12.0 Å². The smallest absolute Gasteiger partial charge is 0.185 e. The second-order valence-electron chi connectivity index (χ2n) is 6.27. The third-order valence-corrected chi connectivity index (χ3v) is 5.34. The zero-order chi connectivity index (χ0) is 20.1. The maximum absolute atomic E-state index is 13.9. The zero-order valence-electron chi connectivity index (χ0n) is 14.7. The number of ketones is 1. The maximum Gasteiger partial charge on any atom is 0.185 e. The SMILES string of the molecule is NC1=N[C@](CF)(c2cc(CC(=O)c3ccc(C=C(Cl)Cl)cn3)ccn2)CCS1. The second-order valence-corrected chi connectivity index (χ2v) is 8.40. The lowest BCUT2D eigenvalue weighted by molar-refractivity contribution is 0.0988. The Balaban J connectivity index is 1.80. The normalized spacial score (nSPS) is 19.0. The van der Waals surface area contributed by atoms with E-state index in [0.29, 0.717) is 39.9 Å². The van der Waals surface area contributed by atoms with Gasteiger partial charge in [0.1, 0.15) is 22.4 Å². The quantitative estimate of drug-likeness (QED) is 0.679. The van der Waals surface area contributed by atoms with E-state index in [0.717, 1.165) is 0 Å². The molecular weight excluding hydrogens is 422 g/mol. The first kappa shape index (κ1) is 20.8. The van der Waals surface area contributed by atoms with Gasteiger partial charge in [-0.3, -0.25) is 14.8 Å². The van der Waals surface area contributed by atoms with Crippen molar-refractivity contribution >= 4 is 52.0 Å². The van der Waals surface area contributed by atoms with E-state index < -0.39 is 12.2 Å². The van der Waals surface area contributed by atoms with Crippen LogP contribution in [0, 0.1) is 0 Å². The molecule has 0 fully saturated rings. The van der Waals surface area contributed by atoms with Crippen LogP contribution < -0.4 is 5.73 Å². The van der Waals surface area contributed by atoms with E-state index in [-0.39, 0.29) is 16.7 Å². The van der Waals surface area contributed by atoms with Gasteiger partial charge in [-0.1, -0.05) is 41.0 Å². The van der Waals surface area contributed by atoms with E-state index >= 15 is 0 Å². The minimum Gasteiger partial charge on any atom is -0.379 e. The maximum atomic E-state index is 13.9. The summed E-state index contributed by atoms with van der Waals surface area (Å²) in [6.45, 7) is -0.696. The van der Waals surface area contributed by atoms with Crippen LogP contribution in [0.1, 0.15) is 33.7 Å². The van der Waals surface area contributed by atoms with Crippen molar-refractivity contribution in [2.75, 3.05) is 12.4 Å². The molecule has 0 unspecified atom stereocenters. The summed E-state index contributed by atoms with van der Waals surface area (Å²) in [4.78, 5) is 25.3. The van der Waals surface area contributed by atoms with E-state index in [9.17, 15) is 9.18 Å². The summed E-state index contributed by atoms with van der Waals surface area (Å²) in [5.74, 6) is 0.502. The molecule has 3 rings (SSSR count). The van der Waals surface area contributed by atoms with Crippen molar-refractivity contribution in [1.29, 1.82) is 0 Å². The highest BCUT2D eigenvalue weighted by molar-refractivity contribution is 8.13. The third kappa shape index (κ3) is 4.90. The monoisotopic (exact) mass is 438 g/mol. The molecule has 28 heavy (non-hydrogen) atoms. The fourth-order valence-electron chi connectivity index (χ4n) is 2.87. The van der Waals surface area contributed by atoms with Gasteiger partial charge in [-0.25, -0.2) is 9.38 Å². The fraction of sp³-hybridized carbons (Fsp3) is 0.263. The molecule has 0 bridgehead atoms. The predicted octanol–water partition coefficient (Wildman–Crippen LogP) is 4.29. The van der Waals surface area contributed by atoms with Gasteiger partial charge >= 0.3 is 0 Å². The number of hydrogen-bond donors (Lipinski definition) is 1. The molecule has 0 aliphatic carbocycles. The van der Waals surface area contributed by atoms with Gasteiger partial charge < -0.3 is 5.73 Å². The lowest BCUT2D eigenvalue weighted by Crippen LogP contribution is -2.34. The molecule has 0 saturated heterocycles. The second kappa shape index (κ2) is 9.03. The Kier molecular flexibility index (Phi) is 6.69. The number of amidine groups is 1. The van der Waals surface area contributed by atoms with Gasteiger partial charge in [-0.05, 0) is 41.8 Å². The van der Waals surface area contributed by atoms with E-state index in [2.05, 4.69) is 15.0 Å². The van der Waals surface area contributed by atoms with Crippen molar-refractivity contribution < 1.29 is 9.18 Å². The number of nitrogens with zero attached hydrogens (tertiary/aromatic N) is 3. The van der Waals surface area contributed by atoms with Crippen LogP contribution in [-0.4, -0.2) is 33.3 Å². The molecule has 0 radical (unpaired) electrons. The molecule has 1 aliphatic rings. The lowest BCUT2D eigenvalue weighted by Gasteiger charge is -2.30. The molecule has 2 N–H and O–H groups in total. The summed E-state index contributed by atoms with van der Waals surface area (Å²) in [5.41, 5.74) is 6.92. The molecule has 0 amide bonds. The highest BCUT2D eigenvalue weighted by Gasteiger charge is 2.36. The van der Waals surface area contributed by atoms with E-state index in [1.807, 2.05) is 0 Å². The number of pyridine rings is 2. The van der Waals surface area contributed by atoms with Crippen molar-refractivity contribution in [3.05, 3.63) is 63.7 Å². The summed E-state index contributed by atoms with van der Waals surface area (Å²) >= 11 is 12.6. The summed E-state index contributed by atoms with van der Waals surface area (Å²) in [7, 11) is 0. The largest absolute Gasteiger partial charge is 0.379 e. The van der Waals surface area contributed by atoms with Crippen LogP contribution in [0.4, 0.5) is 4.39 Å². The molecule has 1 aliphatic heterocycles. The molecule has 146 valence electrons. The Morgan fingerprint density at radius 1 is 1.32 bits per heavy atom. The Morgan fingerprint density at radius 2 is 2.14 bits per heavy atom. The Hall–Kier alpha value is -1.96. The van der Waals surface area contributed by atoms with Gasteiger partial charge in [0, 0.05) is 24.6 Å². The number of rotatable bonds is 6. The molecular formula is C19H17Cl2FN4OS. The highest BCUT2D eigenvalue weighted by atomic mass is 35.5. The number of thioether (sulfide) groups is 1. The van der Waals surface area contributed by atoms with Crippen LogP contribution in [0.3, 0.4) is 0 Å². The molecule has 3 heterocycles. The number of aliphatic imine (C=N–C) groups is 1. The molecule has 2 aromatic rings. The van der Waals surface area contributed by atoms with Crippen molar-refractivity contribution in [3.63, 3.8) is 0 Å². The summed E-state index contributed by atoms with van der Waals surface area (Å²) in [6, 6.07) is 6.76. The van der Waals surface area contributed by atoms with Crippen molar-refractivity contribution in [2.24, 2.45) is 10.7 Å². The van der Waals surface area contributed by atoms with Crippen LogP contribution in [0.25, 0.3) is 6.08 Å². The van der Waals surface area contributed by atoms with Crippen LogP contribution in [0.2, 0.25) is 0 Å². The van der Waals surface area contributed by atoms with E-state index in [4.69, 9.17) is 28.9 Å². The van der Waals surface area contributed by atoms with Gasteiger partial charge in [0.2, 0.25) is 0 Å². The fourth-order valence-corrected chi connectivity index (χ4v) is 4.01. The first-order valence-corrected chi connectivity index (χ1v) is 10.2. The van der Waals surface area contributed by atoms with E-state index in [1.54, 1.807) is 30.5 Å². The van der Waals surface area contributed by atoms with Gasteiger partial charge in [0.05, 0.1) is 5.69 Å². The molecule has 0 aromatic carbocycles. The van der Waals surface area contributed by atoms with Crippen LogP contribution >= 0.6 is 35.0 Å². The number of halogens is 3. The van der Waals surface area contributed by atoms with Crippen molar-refractivity contribution in [2.45, 2.75) is 18.4 Å². The number of alkyl halides is 1. The predicted molar refractivity (Wildman–Crippen MR) is 113 cm³/mol. The molecule has 9 heteroatoms. The Labute approximate surface area is 176 Å². The number of aromatic nitrogens is 2. The van der Waals surface area contributed by atoms with Crippen LogP contribution in [0.15, 0.2) is 46.1 Å². The van der Waals surface area contributed by atoms with Gasteiger partial charge in [-0.15, -0.1) is 0 Å². The number of nitrogens with two attached hydrogens (primary N) is 1. The van der Waals surface area contributed by atoms with Crippen molar-refractivity contribution in [1.82, 2.24) is 9.97 Å². The number of carbonyl (C=O) groups excluding carboxylic acids is 1. The minimum atomic E-state index is -1.08. The first-order valence-electron chi connectivity index (χ1n) is 8.43. The first-order chi connectivity index (χ1) is 13.4. The minimum absolute atomic E-state index is 0.108. The molecule has 0 spiro atoms. The van der Waals surface area contributed by atoms with Crippen molar-refractivity contribution in [3.8, 4) is 0 Å². The number of carbonyl (C=O) groups is 1. The number of hydrogen-bond acceptors (Lipinski definition) is 6. The van der Waals surface area contributed by atoms with Gasteiger partial charge in [-0.2, -0.15) is 0 Å². The van der Waals surface area contributed by atoms with Gasteiger partial charge in [0.15, 0.2) is 11.0 Å². The van der Waals surface area contributed by atoms with E-state index in [1.165, 1.54) is 24.0 Å². The molecule has 1 atom stereocenters. The molecule has 5 nitrogen and oxygen atoms in total. The van der Waals surface area contributed by atoms with Crippen LogP contribution in [0.5, 0.6) is 0 Å². The van der Waals surface area contributed by atoms with Gasteiger partial charge in [0.25, 0.3) is 0 Å². The summed E-state index contributed by atoms with van der Waals surface area (Å²) in [5, 5.41) is 0.350. The average molecular weight is 439 g/mol.